The number of urea groups is 2. The van der Waals surface area contributed by atoms with Gasteiger partial charge in [0.2, 0.25) is 0 Å². The van der Waals surface area contributed by atoms with Crippen molar-refractivity contribution in [1.29, 1.82) is 0 Å². The van der Waals surface area contributed by atoms with Crippen molar-refractivity contribution in [2.75, 3.05) is 49.9 Å². The van der Waals surface area contributed by atoms with Gasteiger partial charge in [-0.2, -0.15) is 0 Å². The predicted molar refractivity (Wildman–Crippen MR) is 290 cm³/mol. The molecule has 2 saturated heterocycles. The first-order chi connectivity index (χ1) is 35.8. The van der Waals surface area contributed by atoms with Crippen LogP contribution in [0.4, 0.5) is 41.1 Å². The summed E-state index contributed by atoms with van der Waals surface area (Å²) < 4.78 is 28.0. The van der Waals surface area contributed by atoms with Crippen LogP contribution in [0.3, 0.4) is 0 Å². The van der Waals surface area contributed by atoms with Gasteiger partial charge in [0.25, 0.3) is 0 Å². The first kappa shape index (κ1) is 56.0. The number of tetrazole rings is 1. The van der Waals surface area contributed by atoms with E-state index in [4.69, 9.17) is 11.5 Å². The van der Waals surface area contributed by atoms with Crippen LogP contribution in [-0.2, 0) is 19.9 Å². The fourth-order valence-electron chi connectivity index (χ4n) is 9.24. The highest BCUT2D eigenvalue weighted by Gasteiger charge is 2.29. The third-order valence-corrected chi connectivity index (χ3v) is 13.0. The summed E-state index contributed by atoms with van der Waals surface area (Å²) in [5.41, 5.74) is 16.2. The van der Waals surface area contributed by atoms with E-state index < -0.39 is 6.23 Å². The predicted octanol–water partition coefficient (Wildman–Crippen LogP) is 8.47. The van der Waals surface area contributed by atoms with Crippen LogP contribution in [0, 0.1) is 29.4 Å². The molecular formula is C55H72F2N14O3. The minimum atomic E-state index is -0.657. The molecule has 0 unspecified atom stereocenters. The summed E-state index contributed by atoms with van der Waals surface area (Å²) in [5.74, 6) is 1.29. The second kappa shape index (κ2) is 29.4. The number of aryl methyl sites for hydroxylation is 1. The van der Waals surface area contributed by atoms with E-state index in [1.165, 1.54) is 48.6 Å². The lowest BCUT2D eigenvalue weighted by molar-refractivity contribution is -0.0341. The van der Waals surface area contributed by atoms with Gasteiger partial charge < -0.3 is 42.7 Å². The van der Waals surface area contributed by atoms with Gasteiger partial charge in [-0.3, -0.25) is 14.9 Å². The molecule has 2 fully saturated rings. The molecule has 4 amide bonds. The summed E-state index contributed by atoms with van der Waals surface area (Å²) in [4.78, 5) is 38.5. The lowest BCUT2D eigenvalue weighted by Crippen LogP contribution is -2.49. The van der Waals surface area contributed by atoms with Crippen molar-refractivity contribution in [1.82, 2.24) is 40.6 Å². The number of aliphatic hydroxyl groups excluding tert-OH is 1. The number of aromatic nitrogens is 4. The molecule has 2 aliphatic heterocycles. The zero-order valence-corrected chi connectivity index (χ0v) is 42.7. The summed E-state index contributed by atoms with van der Waals surface area (Å²) in [6.45, 7) is 9.25. The number of halogens is 2. The number of allylic oxidation sites excluding steroid dienone is 2. The molecule has 74 heavy (non-hydrogen) atoms. The molecule has 0 bridgehead atoms. The molecular weight excluding hydrogens is 943 g/mol. The molecule has 7 rings (SSSR count). The van der Waals surface area contributed by atoms with Crippen molar-refractivity contribution in [2.24, 2.45) is 46.3 Å². The van der Waals surface area contributed by atoms with Crippen molar-refractivity contribution in [3.63, 3.8) is 0 Å². The summed E-state index contributed by atoms with van der Waals surface area (Å²) in [7, 11) is 1.76. The SMILES string of the molecule is CC(C)[C@H](C[C@H](O)N1CCC[C@@H](Cc2ccc(F)cc2)C1)NC(=O)Nc1cccc(-c2nnnn2C)c1.NC=CC=Nc1cc(N=CC=CN)cc(NC(=O)NCCCN2CCC[C@@H](Cc3ccc(F)cc3)C2)c1. The van der Waals surface area contributed by atoms with Crippen LogP contribution in [0.15, 0.2) is 126 Å². The summed E-state index contributed by atoms with van der Waals surface area (Å²) in [6.07, 6.45) is 16.0. The van der Waals surface area contributed by atoms with Crippen molar-refractivity contribution in [3.05, 3.63) is 138 Å². The van der Waals surface area contributed by atoms with Crippen molar-refractivity contribution in [3.8, 4) is 11.4 Å². The number of rotatable bonds is 20. The number of anilines is 2. The number of nitrogens with one attached hydrogen (secondary N) is 4. The Labute approximate surface area is 433 Å². The number of hydrogen-bond acceptors (Lipinski definition) is 12. The maximum atomic E-state index is 13.2. The average molecular weight is 1020 g/mol. The van der Waals surface area contributed by atoms with Crippen LogP contribution in [0.1, 0.15) is 63.5 Å². The smallest absolute Gasteiger partial charge is 0.319 e. The lowest BCUT2D eigenvalue weighted by Gasteiger charge is -2.38. The van der Waals surface area contributed by atoms with Crippen LogP contribution >= 0.6 is 0 Å². The highest BCUT2D eigenvalue weighted by atomic mass is 19.1. The van der Waals surface area contributed by atoms with E-state index in [-0.39, 0.29) is 35.7 Å². The number of likely N-dealkylation sites (tertiary alicyclic amines) is 2. The summed E-state index contributed by atoms with van der Waals surface area (Å²) >= 11 is 0. The van der Waals surface area contributed by atoms with E-state index >= 15 is 0 Å². The fourth-order valence-corrected chi connectivity index (χ4v) is 9.24. The quantitative estimate of drug-likeness (QED) is 0.0291. The fraction of sp³-hybridized carbons (Fsp3) is 0.400. The second-order valence-electron chi connectivity index (χ2n) is 19.1. The number of piperidine rings is 2. The van der Waals surface area contributed by atoms with Crippen LogP contribution in [0.25, 0.3) is 11.4 Å². The molecule has 19 heteroatoms. The van der Waals surface area contributed by atoms with Gasteiger partial charge in [-0.05, 0) is 176 Å². The molecule has 0 spiro atoms. The average Bonchev–Trinajstić information content (AvgIpc) is 3.82. The normalized spacial score (nSPS) is 17.4. The van der Waals surface area contributed by atoms with Crippen molar-refractivity contribution >= 4 is 47.2 Å². The molecule has 394 valence electrons. The Morgan fingerprint density at radius 3 is 2.00 bits per heavy atom. The lowest BCUT2D eigenvalue weighted by atomic mass is 9.90. The standard InChI is InChI=1S/C28H36FN7O.C27H36FN7O2/c29-24-8-6-22(7-9-24)17-23-5-1-15-36(21-23)16-4-14-34-28(37)35-27-19-25(32-12-2-10-30)18-26(20-27)33-13-3-11-31;1-18(2)24(30-27(37)29-23-8-4-7-21(15-23)26-31-32-33-34(26)3)16-25(36)35-13-5-6-20(17-35)14-19-9-11-22(28)12-10-19/h2-3,6-13,18-20,23H,1,4-5,14-17,21,30-31H2,(H2,34,35,37);4,7-12,15,18,20,24-25,36H,5-6,13-14,16-17H2,1-3H3,(H2,29,30,37)/t23-;20-,24-,25-/m00/s1. The highest BCUT2D eigenvalue weighted by molar-refractivity contribution is 5.91. The van der Waals surface area contributed by atoms with Crippen molar-refractivity contribution in [2.45, 2.75) is 77.5 Å². The number of nitrogens with zero attached hydrogens (tertiary/aromatic N) is 8. The van der Waals surface area contributed by atoms with Crippen LogP contribution in [0.5, 0.6) is 0 Å². The first-order valence-corrected chi connectivity index (χ1v) is 25.4. The second-order valence-corrected chi connectivity index (χ2v) is 19.1. The Morgan fingerprint density at radius 2 is 1.41 bits per heavy atom. The van der Waals surface area contributed by atoms with Gasteiger partial charge in [-0.1, -0.05) is 50.2 Å². The third kappa shape index (κ3) is 18.9. The molecule has 0 radical (unpaired) electrons. The molecule has 4 atom stereocenters. The highest BCUT2D eigenvalue weighted by Crippen LogP contribution is 2.28. The Balaban J connectivity index is 0.000000241. The van der Waals surface area contributed by atoms with Gasteiger partial charge in [-0.25, -0.2) is 23.1 Å². The van der Waals surface area contributed by atoms with E-state index in [1.807, 2.05) is 56.3 Å². The minimum Gasteiger partial charge on any atom is -0.405 e. The largest absolute Gasteiger partial charge is 0.405 e. The van der Waals surface area contributed by atoms with Gasteiger partial charge in [0.05, 0.1) is 11.4 Å². The molecule has 9 N–H and O–H groups in total. The van der Waals surface area contributed by atoms with E-state index in [9.17, 15) is 23.5 Å². The molecule has 0 saturated carbocycles. The Hall–Kier alpha value is -7.35. The number of benzene rings is 4. The van der Waals surface area contributed by atoms with Gasteiger partial charge in [0, 0.05) is 75.1 Å². The molecule has 17 nitrogen and oxygen atoms in total. The Kier molecular flexibility index (Phi) is 22.2. The maximum absolute atomic E-state index is 13.2. The van der Waals surface area contributed by atoms with Gasteiger partial charge in [0.15, 0.2) is 5.82 Å². The molecule has 5 aromatic rings. The number of aliphatic imine (C=N–C) groups is 2. The first-order valence-electron chi connectivity index (χ1n) is 25.4. The molecule has 0 aliphatic carbocycles. The van der Waals surface area contributed by atoms with E-state index in [2.05, 4.69) is 56.6 Å². The Morgan fingerprint density at radius 1 is 0.797 bits per heavy atom. The molecule has 1 aromatic heterocycles. The Bertz CT molecular complexity index is 2600. The summed E-state index contributed by atoms with van der Waals surface area (Å²) in [6, 6.07) is 25.3. The number of carbonyl (C=O) groups excluding carboxylic acids is 2. The van der Waals surface area contributed by atoms with E-state index in [1.54, 1.807) is 60.6 Å². The topological polar surface area (TPSA) is 229 Å². The van der Waals surface area contributed by atoms with Crippen LogP contribution in [0.2, 0.25) is 0 Å². The van der Waals surface area contributed by atoms with Crippen LogP contribution in [-0.4, -0.2) is 111 Å². The molecule has 4 aromatic carbocycles. The number of carbonyl (C=O) groups is 2. The van der Waals surface area contributed by atoms with Gasteiger partial charge >= 0.3 is 12.1 Å². The molecule has 2 aliphatic rings. The number of amides is 4. The molecule has 3 heterocycles. The zero-order valence-electron chi connectivity index (χ0n) is 42.7. The van der Waals surface area contributed by atoms with Gasteiger partial charge in [-0.15, -0.1) is 5.10 Å². The number of aliphatic hydroxyl groups is 1. The number of hydrogen-bond donors (Lipinski definition) is 7. The maximum Gasteiger partial charge on any atom is 0.319 e. The number of nitrogens with two attached hydrogens (primary N) is 2. The zero-order chi connectivity index (χ0) is 52.7. The minimum absolute atomic E-state index is 0.135. The van der Waals surface area contributed by atoms with E-state index in [0.29, 0.717) is 53.4 Å². The third-order valence-electron chi connectivity index (χ3n) is 13.0. The van der Waals surface area contributed by atoms with Crippen LogP contribution < -0.4 is 32.7 Å². The summed E-state index contributed by atoms with van der Waals surface area (Å²) in [5, 5.41) is 34.3. The van der Waals surface area contributed by atoms with Crippen molar-refractivity contribution < 1.29 is 23.5 Å². The monoisotopic (exact) mass is 1010 g/mol. The van der Waals surface area contributed by atoms with Gasteiger partial charge in [0.1, 0.15) is 17.9 Å². The van der Waals surface area contributed by atoms with E-state index in [0.717, 1.165) is 82.4 Å².